The fourth-order valence-corrected chi connectivity index (χ4v) is 7.00. The third kappa shape index (κ3) is 5.48. The molecule has 0 aliphatic heterocycles. The lowest BCUT2D eigenvalue weighted by atomic mass is 9.83. The van der Waals surface area contributed by atoms with Crippen LogP contribution in [0.5, 0.6) is 0 Å². The van der Waals surface area contributed by atoms with Gasteiger partial charge in [0.15, 0.2) is 0 Å². The van der Waals surface area contributed by atoms with Crippen LogP contribution in [0, 0.1) is 13.8 Å². The fourth-order valence-electron chi connectivity index (χ4n) is 7.00. The first-order valence-corrected chi connectivity index (χ1v) is 16.1. The van der Waals surface area contributed by atoms with Crippen LogP contribution in [0.2, 0.25) is 0 Å². The third-order valence-corrected chi connectivity index (χ3v) is 9.46. The van der Waals surface area contributed by atoms with Crippen LogP contribution < -0.4 is 0 Å². The van der Waals surface area contributed by atoms with Crippen molar-refractivity contribution in [1.82, 2.24) is 0 Å². The highest BCUT2D eigenvalue weighted by atomic mass is 14.3. The molecule has 7 rings (SSSR count). The van der Waals surface area contributed by atoms with Gasteiger partial charge >= 0.3 is 0 Å². The van der Waals surface area contributed by atoms with E-state index < -0.39 is 0 Å². The van der Waals surface area contributed by atoms with E-state index in [1.165, 1.54) is 66.8 Å². The zero-order valence-electron chi connectivity index (χ0n) is 26.8. The van der Waals surface area contributed by atoms with E-state index in [4.69, 9.17) is 0 Å². The smallest absolute Gasteiger partial charge is 0.0355 e. The SMILES string of the molecule is C=C(/C=C(\C=C(/C)c1ccccc1)c1ccc2c(c1)-c1ccccc1C2c1cccc(-c2ccccc2C)c1C)c1ccccc1. The molecule has 0 saturated carbocycles. The molecular weight excluding hydrogens is 553 g/mol. The minimum Gasteiger partial charge on any atom is -0.0911 e. The lowest BCUT2D eigenvalue weighted by Crippen LogP contribution is -2.03. The van der Waals surface area contributed by atoms with E-state index in [1.54, 1.807) is 0 Å². The van der Waals surface area contributed by atoms with E-state index in [-0.39, 0.29) is 5.92 Å². The van der Waals surface area contributed by atoms with Crippen molar-refractivity contribution in [2.75, 3.05) is 0 Å². The molecule has 1 unspecified atom stereocenters. The van der Waals surface area contributed by atoms with Gasteiger partial charge in [-0.2, -0.15) is 0 Å². The zero-order chi connectivity index (χ0) is 31.6. The van der Waals surface area contributed by atoms with Gasteiger partial charge in [0.1, 0.15) is 0 Å². The van der Waals surface area contributed by atoms with Crippen molar-refractivity contribution < 1.29 is 0 Å². The van der Waals surface area contributed by atoms with Crippen LogP contribution in [0.3, 0.4) is 0 Å². The van der Waals surface area contributed by atoms with E-state index in [1.807, 2.05) is 6.07 Å². The normalized spacial score (nSPS) is 14.1. The Balaban J connectivity index is 1.37. The first-order chi connectivity index (χ1) is 22.5. The Labute approximate surface area is 273 Å². The van der Waals surface area contributed by atoms with Crippen LogP contribution in [-0.4, -0.2) is 0 Å². The highest BCUT2D eigenvalue weighted by Gasteiger charge is 2.31. The molecule has 6 aromatic rings. The van der Waals surface area contributed by atoms with Gasteiger partial charge < -0.3 is 0 Å². The van der Waals surface area contributed by atoms with Crippen molar-refractivity contribution in [3.8, 4) is 22.3 Å². The average Bonchev–Trinajstić information content (AvgIpc) is 3.42. The minimum atomic E-state index is 0.178. The summed E-state index contributed by atoms with van der Waals surface area (Å²) in [4.78, 5) is 0. The molecule has 1 atom stereocenters. The number of benzene rings is 6. The summed E-state index contributed by atoms with van der Waals surface area (Å²) >= 11 is 0. The molecule has 0 nitrogen and oxygen atoms in total. The average molecular weight is 591 g/mol. The number of aryl methyl sites for hydroxylation is 1. The Morgan fingerprint density at radius 3 is 1.83 bits per heavy atom. The Morgan fingerprint density at radius 2 is 1.09 bits per heavy atom. The summed E-state index contributed by atoms with van der Waals surface area (Å²) in [5.41, 5.74) is 18.9. The van der Waals surface area contributed by atoms with E-state index >= 15 is 0 Å². The maximum atomic E-state index is 4.47. The third-order valence-electron chi connectivity index (χ3n) is 9.46. The topological polar surface area (TPSA) is 0 Å². The Bertz CT molecular complexity index is 2120. The standard InChI is InChI=1S/C46H38/c1-31-16-11-12-21-39(31)40-24-15-25-41(34(40)4)46-43-23-14-13-22-42(43)45-30-37(26-27-44(45)46)38(28-32(2)35-17-7-5-8-18-35)29-33(3)36-19-9-6-10-20-36/h5-30,46H,2H2,1,3-4H3/b33-29+,38-28+. The molecule has 0 spiro atoms. The van der Waals surface area contributed by atoms with Crippen molar-refractivity contribution in [3.63, 3.8) is 0 Å². The molecule has 0 amide bonds. The molecule has 0 saturated heterocycles. The maximum absolute atomic E-state index is 4.47. The molecule has 1 aliphatic carbocycles. The van der Waals surface area contributed by atoms with Gasteiger partial charge in [-0.3, -0.25) is 0 Å². The summed E-state index contributed by atoms with van der Waals surface area (Å²) in [5, 5.41) is 0. The van der Waals surface area contributed by atoms with Crippen LogP contribution in [0.1, 0.15) is 57.3 Å². The number of allylic oxidation sites excluding steroid dienone is 5. The minimum absolute atomic E-state index is 0.178. The summed E-state index contributed by atoms with van der Waals surface area (Å²) in [5.74, 6) is 0.178. The summed E-state index contributed by atoms with van der Waals surface area (Å²) in [6.07, 6.45) is 4.54. The number of rotatable bonds is 7. The van der Waals surface area contributed by atoms with Crippen molar-refractivity contribution >= 4 is 16.7 Å². The maximum Gasteiger partial charge on any atom is 0.0355 e. The Morgan fingerprint density at radius 1 is 0.500 bits per heavy atom. The monoisotopic (exact) mass is 590 g/mol. The summed E-state index contributed by atoms with van der Waals surface area (Å²) in [6.45, 7) is 11.2. The zero-order valence-corrected chi connectivity index (χ0v) is 26.8. The Kier molecular flexibility index (Phi) is 7.95. The lowest BCUT2D eigenvalue weighted by molar-refractivity contribution is 0.997. The van der Waals surface area contributed by atoms with Gasteiger partial charge in [-0.05, 0) is 116 Å². The second-order valence-electron chi connectivity index (χ2n) is 12.3. The van der Waals surface area contributed by atoms with Crippen LogP contribution >= 0.6 is 0 Å². The van der Waals surface area contributed by atoms with Crippen molar-refractivity contribution in [3.05, 3.63) is 209 Å². The van der Waals surface area contributed by atoms with Gasteiger partial charge in [0.05, 0.1) is 0 Å². The largest absolute Gasteiger partial charge is 0.0911 e. The molecule has 0 radical (unpaired) electrons. The van der Waals surface area contributed by atoms with Gasteiger partial charge in [-0.1, -0.05) is 152 Å². The molecule has 0 N–H and O–H groups in total. The molecule has 6 aromatic carbocycles. The van der Waals surface area contributed by atoms with E-state index in [0.717, 1.165) is 16.7 Å². The molecular formula is C46H38. The van der Waals surface area contributed by atoms with Gasteiger partial charge in [0.25, 0.3) is 0 Å². The van der Waals surface area contributed by atoms with Crippen LogP contribution in [-0.2, 0) is 0 Å². The Hall–Kier alpha value is -5.46. The summed E-state index contributed by atoms with van der Waals surface area (Å²) in [7, 11) is 0. The second-order valence-corrected chi connectivity index (χ2v) is 12.3. The molecule has 1 aliphatic rings. The van der Waals surface area contributed by atoms with Crippen LogP contribution in [0.25, 0.3) is 39.0 Å². The summed E-state index contributed by atoms with van der Waals surface area (Å²) in [6, 6.07) is 52.6. The molecule has 0 heteroatoms. The highest BCUT2D eigenvalue weighted by molar-refractivity contribution is 5.93. The van der Waals surface area contributed by atoms with Crippen molar-refractivity contribution in [2.45, 2.75) is 26.7 Å². The quantitative estimate of drug-likeness (QED) is 0.162. The molecule has 222 valence electrons. The summed E-state index contributed by atoms with van der Waals surface area (Å²) < 4.78 is 0. The van der Waals surface area contributed by atoms with Crippen molar-refractivity contribution in [2.24, 2.45) is 0 Å². The number of fused-ring (bicyclic) bond motifs is 3. The lowest BCUT2D eigenvalue weighted by Gasteiger charge is -2.20. The van der Waals surface area contributed by atoms with Gasteiger partial charge in [0.2, 0.25) is 0 Å². The second kappa shape index (κ2) is 12.5. The number of hydrogen-bond acceptors (Lipinski definition) is 0. The first kappa shape index (κ1) is 29.3. The molecule has 0 aromatic heterocycles. The highest BCUT2D eigenvalue weighted by Crippen LogP contribution is 2.50. The molecule has 0 bridgehead atoms. The van der Waals surface area contributed by atoms with Crippen LogP contribution in [0.4, 0.5) is 0 Å². The molecule has 46 heavy (non-hydrogen) atoms. The molecule has 0 heterocycles. The van der Waals surface area contributed by atoms with Gasteiger partial charge in [-0.25, -0.2) is 0 Å². The predicted molar refractivity (Wildman–Crippen MR) is 198 cm³/mol. The first-order valence-electron chi connectivity index (χ1n) is 16.1. The van der Waals surface area contributed by atoms with Gasteiger partial charge in [-0.15, -0.1) is 0 Å². The fraction of sp³-hybridized carbons (Fsp3) is 0.0870. The number of hydrogen-bond donors (Lipinski definition) is 0. The van der Waals surface area contributed by atoms with E-state index in [0.29, 0.717) is 0 Å². The van der Waals surface area contributed by atoms with E-state index in [2.05, 4.69) is 179 Å². The predicted octanol–water partition coefficient (Wildman–Crippen LogP) is 12.3. The van der Waals surface area contributed by atoms with Crippen LogP contribution in [0.15, 0.2) is 164 Å². The van der Waals surface area contributed by atoms with Gasteiger partial charge in [0, 0.05) is 5.92 Å². The van der Waals surface area contributed by atoms with E-state index in [9.17, 15) is 0 Å². The molecule has 0 fully saturated rings. The van der Waals surface area contributed by atoms with Crippen molar-refractivity contribution in [1.29, 1.82) is 0 Å².